The van der Waals surface area contributed by atoms with Crippen molar-refractivity contribution in [1.82, 2.24) is 9.88 Å². The van der Waals surface area contributed by atoms with Crippen molar-refractivity contribution in [1.29, 1.82) is 0 Å². The summed E-state index contributed by atoms with van der Waals surface area (Å²) in [5, 5.41) is 6.11. The lowest BCUT2D eigenvalue weighted by molar-refractivity contribution is -0.106. The summed E-state index contributed by atoms with van der Waals surface area (Å²) >= 11 is 14.5. The maximum Gasteiger partial charge on any atom is 0.116 e. The van der Waals surface area contributed by atoms with Gasteiger partial charge in [-0.05, 0) is 62.6 Å². The number of hydrogen-bond donors (Lipinski definition) is 1. The van der Waals surface area contributed by atoms with Gasteiger partial charge in [0.1, 0.15) is 6.29 Å². The van der Waals surface area contributed by atoms with Crippen molar-refractivity contribution in [2.24, 2.45) is 0 Å². The number of thioether (sulfide) groups is 1. The molecule has 0 aromatic carbocycles. The number of aromatic nitrogens is 1. The van der Waals surface area contributed by atoms with Gasteiger partial charge in [-0.1, -0.05) is 85.8 Å². The molecule has 1 N–H and O–H groups in total. The Labute approximate surface area is 214 Å². The molecule has 1 aromatic heterocycles. The summed E-state index contributed by atoms with van der Waals surface area (Å²) in [6, 6.07) is 0. The van der Waals surface area contributed by atoms with Crippen LogP contribution in [0.1, 0.15) is 56.9 Å². The molecule has 0 saturated carbocycles. The third-order valence-corrected chi connectivity index (χ3v) is 6.54. The number of aldehydes is 1. The van der Waals surface area contributed by atoms with Crippen LogP contribution in [0.25, 0.3) is 0 Å². The summed E-state index contributed by atoms with van der Waals surface area (Å²) in [6.07, 6.45) is 15.5. The largest absolute Gasteiger partial charge is 0.335 e. The molecule has 0 fully saturated rings. The molecule has 1 aromatic rings. The Morgan fingerprint density at radius 3 is 2.52 bits per heavy atom. The highest BCUT2D eigenvalue weighted by Gasteiger charge is 2.23. The first-order chi connectivity index (χ1) is 15.7. The first-order valence-corrected chi connectivity index (χ1v) is 12.6. The second kappa shape index (κ2) is 15.2. The molecule has 180 valence electrons. The fourth-order valence-electron chi connectivity index (χ4n) is 3.60. The highest BCUT2D eigenvalue weighted by molar-refractivity contribution is 8.03. The van der Waals surface area contributed by atoms with Crippen molar-refractivity contribution in [3.8, 4) is 0 Å². The molecule has 3 nitrogen and oxygen atoms in total. The normalized spacial score (nSPS) is 14.3. The Morgan fingerprint density at radius 2 is 1.97 bits per heavy atom. The van der Waals surface area contributed by atoms with E-state index in [1.165, 1.54) is 34.3 Å². The van der Waals surface area contributed by atoms with E-state index in [0.717, 1.165) is 34.3 Å². The fourth-order valence-corrected chi connectivity index (χ4v) is 5.51. The van der Waals surface area contributed by atoms with E-state index in [-0.39, 0.29) is 0 Å². The number of carbonyl (C=O) groups excluding carboxylic acids is 1. The van der Waals surface area contributed by atoms with Crippen LogP contribution < -0.4 is 5.32 Å². The van der Waals surface area contributed by atoms with E-state index in [0.29, 0.717) is 12.3 Å². The van der Waals surface area contributed by atoms with E-state index in [4.69, 9.17) is 28.0 Å². The Balaban J connectivity index is 0.00000172. The smallest absolute Gasteiger partial charge is 0.116 e. The molecule has 0 unspecified atom stereocenters. The molecular formula is C27H36Cl2N2OS. The van der Waals surface area contributed by atoms with Crippen LogP contribution in [0, 0.1) is 6.92 Å². The standard InChI is InChI=1S/C25H32Cl2N2S.C2H4O/c1-7-9-19(10-8-2)16-29-18(5)23(15-28-6)24(17(3)4)25(29)30-22-13-20(26)11-12-21(27)14-22;1-2-3/h7-11,13-14,17,28H,1,12,15-16H2,2-6H3;2H,1H3/b10-8-,19-9+;. The third-order valence-electron chi connectivity index (χ3n) is 4.91. The molecule has 1 heterocycles. The quantitative estimate of drug-likeness (QED) is 0.270. The van der Waals surface area contributed by atoms with Gasteiger partial charge in [-0.3, -0.25) is 0 Å². The molecule has 0 radical (unpaired) electrons. The summed E-state index contributed by atoms with van der Waals surface area (Å²) < 4.78 is 2.41. The zero-order chi connectivity index (χ0) is 25.0. The Bertz CT molecular complexity index is 979. The van der Waals surface area contributed by atoms with Gasteiger partial charge in [-0.15, -0.1) is 0 Å². The van der Waals surface area contributed by atoms with Gasteiger partial charge in [0.05, 0.1) is 5.03 Å². The molecule has 1 aliphatic rings. The Morgan fingerprint density at radius 1 is 1.30 bits per heavy atom. The number of nitrogens with zero attached hydrogens (tertiary/aromatic N) is 1. The van der Waals surface area contributed by atoms with E-state index in [1.807, 2.05) is 38.3 Å². The monoisotopic (exact) mass is 506 g/mol. The van der Waals surface area contributed by atoms with Gasteiger partial charge >= 0.3 is 0 Å². The molecule has 0 amide bonds. The SMILES string of the molecule is C=C/C=C(\C=C/C)Cn1c(C)c(CNC)c(C(C)C)c1SC1=CC(Cl)=CCC(Cl)=C1.CC=O. The fraction of sp³-hybridized carbons (Fsp3) is 0.370. The first kappa shape index (κ1) is 29.3. The second-order valence-electron chi connectivity index (χ2n) is 7.80. The van der Waals surface area contributed by atoms with Gasteiger partial charge in [0.15, 0.2) is 0 Å². The van der Waals surface area contributed by atoms with Gasteiger partial charge in [-0.2, -0.15) is 0 Å². The first-order valence-electron chi connectivity index (χ1n) is 11.1. The summed E-state index contributed by atoms with van der Waals surface area (Å²) in [7, 11) is 2.00. The minimum atomic E-state index is 0.390. The lowest BCUT2D eigenvalue weighted by atomic mass is 10.0. The molecule has 0 aliphatic heterocycles. The second-order valence-corrected chi connectivity index (χ2v) is 9.78. The maximum absolute atomic E-state index is 8.81. The summed E-state index contributed by atoms with van der Waals surface area (Å²) in [5.41, 5.74) is 5.22. The summed E-state index contributed by atoms with van der Waals surface area (Å²) in [6.45, 7) is 15.7. The number of nitrogens with one attached hydrogen (secondary N) is 1. The number of allylic oxidation sites excluding steroid dienone is 10. The van der Waals surface area contributed by atoms with Gasteiger partial charge < -0.3 is 14.7 Å². The van der Waals surface area contributed by atoms with Crippen LogP contribution in [-0.4, -0.2) is 17.9 Å². The predicted octanol–water partition coefficient (Wildman–Crippen LogP) is 8.16. The highest BCUT2D eigenvalue weighted by atomic mass is 35.5. The van der Waals surface area contributed by atoms with Gasteiger partial charge in [0, 0.05) is 40.2 Å². The molecule has 0 atom stereocenters. The highest BCUT2D eigenvalue weighted by Crippen LogP contribution is 2.41. The van der Waals surface area contributed by atoms with Gasteiger partial charge in [-0.25, -0.2) is 0 Å². The number of halogens is 2. The van der Waals surface area contributed by atoms with Crippen LogP contribution in [0.3, 0.4) is 0 Å². The number of hydrogen-bond acceptors (Lipinski definition) is 3. The van der Waals surface area contributed by atoms with Crippen LogP contribution in [-0.2, 0) is 17.9 Å². The van der Waals surface area contributed by atoms with E-state index in [9.17, 15) is 0 Å². The molecular weight excluding hydrogens is 471 g/mol. The van der Waals surface area contributed by atoms with Gasteiger partial charge in [0.2, 0.25) is 0 Å². The van der Waals surface area contributed by atoms with Crippen LogP contribution in [0.4, 0.5) is 0 Å². The molecule has 0 spiro atoms. The average Bonchev–Trinajstić information content (AvgIpc) is 2.87. The van der Waals surface area contributed by atoms with Crippen LogP contribution in [0.15, 0.2) is 74.7 Å². The minimum absolute atomic E-state index is 0.390. The van der Waals surface area contributed by atoms with E-state index < -0.39 is 0 Å². The van der Waals surface area contributed by atoms with Crippen LogP contribution in [0.2, 0.25) is 0 Å². The number of carbonyl (C=O) groups is 1. The Kier molecular flexibility index (Phi) is 13.5. The Hall–Kier alpha value is -1.72. The lowest BCUT2D eigenvalue weighted by Crippen LogP contribution is -2.09. The zero-order valence-corrected chi connectivity index (χ0v) is 22.9. The van der Waals surface area contributed by atoms with E-state index in [1.54, 1.807) is 11.8 Å². The van der Waals surface area contributed by atoms with Crippen molar-refractivity contribution in [2.75, 3.05) is 7.05 Å². The summed E-state index contributed by atoms with van der Waals surface area (Å²) in [5.74, 6) is 0.390. The van der Waals surface area contributed by atoms with Crippen molar-refractivity contribution in [3.05, 3.63) is 86.5 Å². The topological polar surface area (TPSA) is 34.0 Å². The molecule has 6 heteroatoms. The van der Waals surface area contributed by atoms with Crippen LogP contribution >= 0.6 is 35.0 Å². The molecule has 33 heavy (non-hydrogen) atoms. The summed E-state index contributed by atoms with van der Waals surface area (Å²) in [4.78, 5) is 9.86. The minimum Gasteiger partial charge on any atom is -0.335 e. The van der Waals surface area contributed by atoms with E-state index >= 15 is 0 Å². The lowest BCUT2D eigenvalue weighted by Gasteiger charge is -2.15. The molecule has 0 bridgehead atoms. The predicted molar refractivity (Wildman–Crippen MR) is 147 cm³/mol. The average molecular weight is 508 g/mol. The number of rotatable bonds is 9. The molecule has 2 rings (SSSR count). The van der Waals surface area contributed by atoms with Crippen molar-refractivity contribution >= 4 is 41.2 Å². The van der Waals surface area contributed by atoms with Crippen molar-refractivity contribution in [2.45, 2.75) is 65.1 Å². The van der Waals surface area contributed by atoms with Crippen molar-refractivity contribution < 1.29 is 4.79 Å². The van der Waals surface area contributed by atoms with E-state index in [2.05, 4.69) is 55.5 Å². The van der Waals surface area contributed by atoms with Crippen molar-refractivity contribution in [3.63, 3.8) is 0 Å². The molecule has 0 saturated heterocycles. The maximum atomic E-state index is 8.81. The van der Waals surface area contributed by atoms with Crippen LogP contribution in [0.5, 0.6) is 0 Å². The third kappa shape index (κ3) is 8.86. The van der Waals surface area contributed by atoms with Gasteiger partial charge in [0.25, 0.3) is 0 Å². The molecule has 1 aliphatic carbocycles. The zero-order valence-electron chi connectivity index (χ0n) is 20.5.